The van der Waals surface area contributed by atoms with Gasteiger partial charge in [-0.25, -0.2) is 9.78 Å². The molecule has 1 aromatic carbocycles. The largest absolute Gasteiger partial charge is 0.466 e. The Morgan fingerprint density at radius 1 is 1.33 bits per heavy atom. The van der Waals surface area contributed by atoms with Gasteiger partial charge in [0.2, 0.25) is 0 Å². The fourth-order valence-electron chi connectivity index (χ4n) is 4.09. The molecule has 6 nitrogen and oxygen atoms in total. The van der Waals surface area contributed by atoms with Gasteiger partial charge in [0.25, 0.3) is 0 Å². The number of nitrogens with zero attached hydrogens (tertiary/aromatic N) is 2. The molecule has 6 heteroatoms. The van der Waals surface area contributed by atoms with Gasteiger partial charge in [0.05, 0.1) is 18.4 Å². The molecule has 27 heavy (non-hydrogen) atoms. The van der Waals surface area contributed by atoms with E-state index in [1.165, 1.54) is 7.11 Å². The molecule has 0 amide bonds. The summed E-state index contributed by atoms with van der Waals surface area (Å²) in [5.41, 5.74) is 12.7. The van der Waals surface area contributed by atoms with Crippen LogP contribution < -0.4 is 11.1 Å². The monoisotopic (exact) mass is 364 g/mol. The first-order chi connectivity index (χ1) is 13.0. The highest BCUT2D eigenvalue weighted by atomic mass is 16.5. The maximum Gasteiger partial charge on any atom is 0.336 e. The fraction of sp³-hybridized carbons (Fsp3) is 0.333. The van der Waals surface area contributed by atoms with Crippen LogP contribution in [0.25, 0.3) is 0 Å². The second kappa shape index (κ2) is 6.70. The van der Waals surface area contributed by atoms with E-state index in [9.17, 15) is 4.79 Å². The Labute approximate surface area is 159 Å². The molecule has 2 aliphatic heterocycles. The van der Waals surface area contributed by atoms with Crippen molar-refractivity contribution in [2.75, 3.05) is 31.8 Å². The lowest BCUT2D eigenvalue weighted by atomic mass is 9.80. The van der Waals surface area contributed by atoms with E-state index in [0.717, 1.165) is 59.1 Å². The van der Waals surface area contributed by atoms with Crippen LogP contribution in [0.2, 0.25) is 0 Å². The molecule has 0 spiro atoms. The molecule has 140 valence electrons. The fourth-order valence-corrected chi connectivity index (χ4v) is 4.09. The minimum Gasteiger partial charge on any atom is -0.466 e. The van der Waals surface area contributed by atoms with Crippen LogP contribution in [0.3, 0.4) is 0 Å². The molecule has 3 N–H and O–H groups in total. The molecular weight excluding hydrogens is 340 g/mol. The normalized spacial score (nSPS) is 19.1. The Morgan fingerprint density at radius 3 is 2.78 bits per heavy atom. The number of hydrogen-bond acceptors (Lipinski definition) is 6. The van der Waals surface area contributed by atoms with Gasteiger partial charge in [-0.3, -0.25) is 0 Å². The summed E-state index contributed by atoms with van der Waals surface area (Å²) in [5, 5.41) is 3.30. The Morgan fingerprint density at radius 2 is 2.07 bits per heavy atom. The van der Waals surface area contributed by atoms with Crippen molar-refractivity contribution in [3.05, 3.63) is 64.0 Å². The summed E-state index contributed by atoms with van der Waals surface area (Å²) in [7, 11) is 3.49. The standard InChI is InChI=1S/C21H24N4O2/c1-12-16(21(26)27-3)17(13-7-5-4-6-8-13)18-19(22)14-11-25(2)10-9-15(14)24-20(18)23-12/h4-8,17H,9-11H2,1-3H3,(H3,22,23,24). The van der Waals surface area contributed by atoms with E-state index in [1.54, 1.807) is 0 Å². The van der Waals surface area contributed by atoms with E-state index in [2.05, 4.69) is 17.3 Å². The highest BCUT2D eigenvalue weighted by Gasteiger charge is 2.37. The van der Waals surface area contributed by atoms with E-state index in [0.29, 0.717) is 5.57 Å². The number of nitrogen functional groups attached to an aromatic ring is 1. The van der Waals surface area contributed by atoms with Crippen LogP contribution in [0.15, 0.2) is 41.6 Å². The average molecular weight is 364 g/mol. The average Bonchev–Trinajstić information content (AvgIpc) is 2.68. The van der Waals surface area contributed by atoms with Crippen LogP contribution >= 0.6 is 0 Å². The number of benzene rings is 1. The lowest BCUT2D eigenvalue weighted by Gasteiger charge is -2.34. The zero-order valence-corrected chi connectivity index (χ0v) is 15.9. The second-order valence-corrected chi connectivity index (χ2v) is 7.20. The Kier molecular flexibility index (Phi) is 4.36. The smallest absolute Gasteiger partial charge is 0.336 e. The SMILES string of the molecule is COC(=O)C1=C(C)Nc2nc3c(c(N)c2C1c1ccccc1)CN(C)CC3. The maximum absolute atomic E-state index is 12.6. The van der Waals surface area contributed by atoms with Crippen molar-refractivity contribution in [2.24, 2.45) is 0 Å². The summed E-state index contributed by atoms with van der Waals surface area (Å²) < 4.78 is 5.09. The minimum atomic E-state index is -0.353. The van der Waals surface area contributed by atoms with E-state index in [4.69, 9.17) is 15.5 Å². The zero-order valence-electron chi connectivity index (χ0n) is 15.9. The molecule has 0 saturated carbocycles. The maximum atomic E-state index is 12.6. The molecule has 0 fully saturated rings. The molecule has 0 bridgehead atoms. The summed E-state index contributed by atoms with van der Waals surface area (Å²) in [5.74, 6) is 0.0866. The summed E-state index contributed by atoms with van der Waals surface area (Å²) in [6.07, 6.45) is 0.869. The number of allylic oxidation sites excluding steroid dienone is 1. The molecular formula is C21H24N4O2. The number of anilines is 2. The van der Waals surface area contributed by atoms with E-state index < -0.39 is 0 Å². The van der Waals surface area contributed by atoms with Crippen molar-refractivity contribution in [2.45, 2.75) is 25.8 Å². The third kappa shape index (κ3) is 2.86. The third-order valence-corrected chi connectivity index (χ3v) is 5.45. The van der Waals surface area contributed by atoms with Crippen LogP contribution in [0.4, 0.5) is 11.5 Å². The van der Waals surface area contributed by atoms with Gasteiger partial charge < -0.3 is 20.7 Å². The minimum absolute atomic E-state index is 0.306. The summed E-state index contributed by atoms with van der Waals surface area (Å²) >= 11 is 0. The number of pyridine rings is 1. The Bertz CT molecular complexity index is 937. The van der Waals surface area contributed by atoms with Crippen molar-refractivity contribution < 1.29 is 9.53 Å². The molecule has 2 aliphatic rings. The number of likely N-dealkylation sites (N-methyl/N-ethyl adjacent to an activating group) is 1. The summed E-state index contributed by atoms with van der Waals surface area (Å²) in [6.45, 7) is 3.61. The third-order valence-electron chi connectivity index (χ3n) is 5.45. The predicted molar refractivity (Wildman–Crippen MR) is 105 cm³/mol. The highest BCUT2D eigenvalue weighted by Crippen LogP contribution is 2.46. The number of aromatic nitrogens is 1. The van der Waals surface area contributed by atoms with E-state index in [1.807, 2.05) is 37.3 Å². The Hall–Kier alpha value is -2.86. The van der Waals surface area contributed by atoms with Crippen molar-refractivity contribution in [3.63, 3.8) is 0 Å². The number of methoxy groups -OCH3 is 1. The summed E-state index contributed by atoms with van der Waals surface area (Å²) in [4.78, 5) is 19.8. The van der Waals surface area contributed by atoms with Gasteiger partial charge in [0, 0.05) is 47.9 Å². The number of nitrogens with two attached hydrogens (primary N) is 1. The van der Waals surface area contributed by atoms with Gasteiger partial charge in [0.15, 0.2) is 0 Å². The van der Waals surface area contributed by atoms with Crippen LogP contribution in [0.5, 0.6) is 0 Å². The van der Waals surface area contributed by atoms with Gasteiger partial charge in [-0.15, -0.1) is 0 Å². The van der Waals surface area contributed by atoms with Crippen LogP contribution in [-0.2, 0) is 22.5 Å². The van der Waals surface area contributed by atoms with Gasteiger partial charge in [0.1, 0.15) is 5.82 Å². The summed E-state index contributed by atoms with van der Waals surface area (Å²) in [6, 6.07) is 9.93. The number of ether oxygens (including phenoxy) is 1. The number of carbonyl (C=O) groups is 1. The molecule has 0 radical (unpaired) electrons. The highest BCUT2D eigenvalue weighted by molar-refractivity contribution is 5.95. The molecule has 1 atom stereocenters. The van der Waals surface area contributed by atoms with Gasteiger partial charge >= 0.3 is 5.97 Å². The molecule has 2 aromatic rings. The van der Waals surface area contributed by atoms with Crippen LogP contribution in [0, 0.1) is 0 Å². The number of fused-ring (bicyclic) bond motifs is 2. The molecule has 1 unspecified atom stereocenters. The van der Waals surface area contributed by atoms with Crippen LogP contribution in [0.1, 0.15) is 35.2 Å². The topological polar surface area (TPSA) is 80.5 Å². The molecule has 4 rings (SSSR count). The molecule has 1 aromatic heterocycles. The predicted octanol–water partition coefficient (Wildman–Crippen LogP) is 2.66. The van der Waals surface area contributed by atoms with Gasteiger partial charge in [-0.2, -0.15) is 0 Å². The number of esters is 1. The second-order valence-electron chi connectivity index (χ2n) is 7.20. The van der Waals surface area contributed by atoms with E-state index in [-0.39, 0.29) is 11.9 Å². The first-order valence-corrected chi connectivity index (χ1v) is 9.12. The molecule has 0 saturated heterocycles. The quantitative estimate of drug-likeness (QED) is 0.798. The number of nitrogens with one attached hydrogen (secondary N) is 1. The lowest BCUT2D eigenvalue weighted by Crippen LogP contribution is -2.31. The zero-order chi connectivity index (χ0) is 19.1. The van der Waals surface area contributed by atoms with Crippen molar-refractivity contribution >= 4 is 17.5 Å². The first kappa shape index (κ1) is 17.5. The molecule has 0 aliphatic carbocycles. The van der Waals surface area contributed by atoms with Gasteiger partial charge in [-0.1, -0.05) is 30.3 Å². The van der Waals surface area contributed by atoms with Crippen LogP contribution in [-0.4, -0.2) is 36.6 Å². The number of hydrogen-bond donors (Lipinski definition) is 2. The first-order valence-electron chi connectivity index (χ1n) is 9.12. The van der Waals surface area contributed by atoms with Gasteiger partial charge in [-0.05, 0) is 19.5 Å². The number of rotatable bonds is 2. The lowest BCUT2D eigenvalue weighted by molar-refractivity contribution is -0.136. The Balaban J connectivity index is 1.97. The van der Waals surface area contributed by atoms with E-state index >= 15 is 0 Å². The van der Waals surface area contributed by atoms with Crippen molar-refractivity contribution in [1.82, 2.24) is 9.88 Å². The van der Waals surface area contributed by atoms with Crippen molar-refractivity contribution in [1.29, 1.82) is 0 Å². The molecule has 3 heterocycles. The number of carbonyl (C=O) groups excluding carboxylic acids is 1. The van der Waals surface area contributed by atoms with Crippen molar-refractivity contribution in [3.8, 4) is 0 Å².